The first-order valence-corrected chi connectivity index (χ1v) is 9.56. The maximum atomic E-state index is 12.9. The molecule has 154 valence electrons. The van der Waals surface area contributed by atoms with Gasteiger partial charge in [-0.05, 0) is 24.3 Å². The summed E-state index contributed by atoms with van der Waals surface area (Å²) in [7, 11) is 0. The minimum absolute atomic E-state index is 0.0178. The third-order valence-electron chi connectivity index (χ3n) is 5.19. The average Bonchev–Trinajstić information content (AvgIpc) is 3.02. The number of fused-ring (bicyclic) bond motifs is 6. The number of hydrogen-bond donors (Lipinski definition) is 0. The van der Waals surface area contributed by atoms with Gasteiger partial charge in [0, 0.05) is 25.0 Å². The summed E-state index contributed by atoms with van der Waals surface area (Å²) in [6, 6.07) is 17.2. The molecule has 0 amide bonds. The molecule has 0 radical (unpaired) electrons. The van der Waals surface area contributed by atoms with E-state index in [1.165, 1.54) is 19.9 Å². The number of carbonyl (C=O) groups excluding carboxylic acids is 3. The third-order valence-corrected chi connectivity index (χ3v) is 5.19. The van der Waals surface area contributed by atoms with Gasteiger partial charge in [0.05, 0.1) is 11.1 Å². The largest absolute Gasteiger partial charge is 0.456 e. The molecular formula is C24H16O7. The second-order valence-electron chi connectivity index (χ2n) is 7.17. The van der Waals surface area contributed by atoms with Crippen LogP contribution in [0, 0.1) is 0 Å². The maximum Gasteiger partial charge on any atom is 0.340 e. The summed E-state index contributed by atoms with van der Waals surface area (Å²) in [6.45, 7) is 2.47. The highest BCUT2D eigenvalue weighted by Crippen LogP contribution is 2.60. The number of hydrogen-bond acceptors (Lipinski definition) is 7. The first kappa shape index (κ1) is 18.9. The zero-order valence-electron chi connectivity index (χ0n) is 16.6. The Hall–Kier alpha value is -4.13. The van der Waals surface area contributed by atoms with Gasteiger partial charge in [-0.2, -0.15) is 0 Å². The molecule has 3 aromatic carbocycles. The molecule has 0 saturated carbocycles. The summed E-state index contributed by atoms with van der Waals surface area (Å²) in [5.41, 5.74) is 0.355. The van der Waals surface area contributed by atoms with E-state index in [1.807, 2.05) is 0 Å². The van der Waals surface area contributed by atoms with Crippen LogP contribution in [0.2, 0.25) is 0 Å². The van der Waals surface area contributed by atoms with Gasteiger partial charge in [-0.25, -0.2) is 4.79 Å². The number of ether oxygens (including phenoxy) is 4. The number of para-hydroxylation sites is 1. The van der Waals surface area contributed by atoms with Crippen LogP contribution in [0.4, 0.5) is 0 Å². The monoisotopic (exact) mass is 416 g/mol. The summed E-state index contributed by atoms with van der Waals surface area (Å²) in [5.74, 6) is -0.964. The van der Waals surface area contributed by atoms with E-state index in [0.29, 0.717) is 28.2 Å². The van der Waals surface area contributed by atoms with Crippen molar-refractivity contribution in [2.24, 2.45) is 0 Å². The van der Waals surface area contributed by atoms with E-state index in [2.05, 4.69) is 0 Å². The third kappa shape index (κ3) is 2.70. The molecule has 0 N–H and O–H groups in total. The first-order valence-electron chi connectivity index (χ1n) is 9.56. The molecule has 1 atom stereocenters. The second kappa shape index (κ2) is 6.70. The van der Waals surface area contributed by atoms with Crippen molar-refractivity contribution in [1.82, 2.24) is 0 Å². The molecule has 2 aliphatic rings. The van der Waals surface area contributed by atoms with Crippen LogP contribution in [0.3, 0.4) is 0 Å². The van der Waals surface area contributed by atoms with Crippen molar-refractivity contribution in [3.63, 3.8) is 0 Å². The molecule has 5 rings (SSSR count). The lowest BCUT2D eigenvalue weighted by Crippen LogP contribution is -2.34. The predicted molar refractivity (Wildman–Crippen MR) is 107 cm³/mol. The molecule has 3 aromatic rings. The Kier molecular flexibility index (Phi) is 4.08. The van der Waals surface area contributed by atoms with Gasteiger partial charge in [0.15, 0.2) is 17.1 Å². The van der Waals surface area contributed by atoms with E-state index in [4.69, 9.17) is 18.9 Å². The zero-order chi connectivity index (χ0) is 21.8. The van der Waals surface area contributed by atoms with Gasteiger partial charge >= 0.3 is 17.9 Å². The van der Waals surface area contributed by atoms with Crippen molar-refractivity contribution in [3.05, 3.63) is 82.9 Å². The lowest BCUT2D eigenvalue weighted by Gasteiger charge is -2.37. The number of carbonyl (C=O) groups is 3. The van der Waals surface area contributed by atoms with Crippen molar-refractivity contribution >= 4 is 17.9 Å². The van der Waals surface area contributed by atoms with Crippen molar-refractivity contribution in [1.29, 1.82) is 0 Å². The first-order chi connectivity index (χ1) is 14.9. The topological polar surface area (TPSA) is 88.1 Å². The molecular weight excluding hydrogens is 400 g/mol. The van der Waals surface area contributed by atoms with Gasteiger partial charge in [-0.1, -0.05) is 36.4 Å². The summed E-state index contributed by atoms with van der Waals surface area (Å²) in [6.07, 6.45) is 0. The quantitative estimate of drug-likeness (QED) is 0.459. The predicted octanol–water partition coefficient (Wildman–Crippen LogP) is 4.11. The highest BCUT2D eigenvalue weighted by Gasteiger charge is 2.55. The molecule has 7 heteroatoms. The van der Waals surface area contributed by atoms with Crippen molar-refractivity contribution in [3.8, 4) is 23.0 Å². The van der Waals surface area contributed by atoms with Crippen molar-refractivity contribution in [2.45, 2.75) is 19.4 Å². The Morgan fingerprint density at radius 2 is 1.48 bits per heavy atom. The Morgan fingerprint density at radius 1 is 0.806 bits per heavy atom. The van der Waals surface area contributed by atoms with E-state index >= 15 is 0 Å². The van der Waals surface area contributed by atoms with Gasteiger partial charge in [-0.15, -0.1) is 0 Å². The number of esters is 3. The maximum absolute atomic E-state index is 12.9. The standard InChI is InChI=1S/C24H16O7/c1-13(25)28-20-12-11-19-21(22(20)29-14(2)26)24(17-9-5-6-10-18(17)30-19)16-8-4-3-7-15(16)23(27)31-24/h3-12H,1-2H3. The molecule has 2 heterocycles. The van der Waals surface area contributed by atoms with E-state index in [0.717, 1.165) is 0 Å². The molecule has 1 unspecified atom stereocenters. The molecule has 0 saturated heterocycles. The molecule has 0 fully saturated rings. The minimum Gasteiger partial charge on any atom is -0.456 e. The minimum atomic E-state index is -1.45. The van der Waals surface area contributed by atoms with Crippen LogP contribution in [0.25, 0.3) is 0 Å². The fourth-order valence-corrected chi connectivity index (χ4v) is 4.15. The molecule has 0 bridgehead atoms. The lowest BCUT2D eigenvalue weighted by atomic mass is 9.77. The van der Waals surface area contributed by atoms with E-state index in [-0.39, 0.29) is 17.1 Å². The van der Waals surface area contributed by atoms with E-state index in [9.17, 15) is 14.4 Å². The Labute approximate surface area is 177 Å². The summed E-state index contributed by atoms with van der Waals surface area (Å²) < 4.78 is 22.9. The van der Waals surface area contributed by atoms with Crippen LogP contribution in [0.15, 0.2) is 60.7 Å². The molecule has 0 aliphatic carbocycles. The second-order valence-corrected chi connectivity index (χ2v) is 7.17. The van der Waals surface area contributed by atoms with Gasteiger partial charge < -0.3 is 18.9 Å². The molecule has 0 aromatic heterocycles. The van der Waals surface area contributed by atoms with Crippen LogP contribution < -0.4 is 14.2 Å². The number of rotatable bonds is 2. The normalized spacial score (nSPS) is 17.7. The molecule has 1 spiro atoms. The molecule has 7 nitrogen and oxygen atoms in total. The van der Waals surface area contributed by atoms with Gasteiger partial charge in [-0.3, -0.25) is 9.59 Å². The summed E-state index contributed by atoms with van der Waals surface area (Å²) in [4.78, 5) is 36.6. The van der Waals surface area contributed by atoms with Crippen LogP contribution >= 0.6 is 0 Å². The highest BCUT2D eigenvalue weighted by molar-refractivity contribution is 5.97. The Morgan fingerprint density at radius 3 is 2.23 bits per heavy atom. The van der Waals surface area contributed by atoms with Crippen LogP contribution in [0.1, 0.15) is 40.9 Å². The van der Waals surface area contributed by atoms with Crippen LogP contribution in [0.5, 0.6) is 23.0 Å². The SMILES string of the molecule is CC(=O)Oc1ccc2c(c1OC(C)=O)C1(OC(=O)c3ccccc31)c1ccccc1O2. The zero-order valence-corrected chi connectivity index (χ0v) is 16.6. The molecule has 31 heavy (non-hydrogen) atoms. The van der Waals surface area contributed by atoms with E-state index < -0.39 is 23.5 Å². The van der Waals surface area contributed by atoms with Gasteiger partial charge in [0.2, 0.25) is 0 Å². The average molecular weight is 416 g/mol. The Balaban J connectivity index is 1.90. The fraction of sp³-hybridized carbons (Fsp3) is 0.125. The van der Waals surface area contributed by atoms with Crippen LogP contribution in [-0.4, -0.2) is 17.9 Å². The summed E-state index contributed by atoms with van der Waals surface area (Å²) >= 11 is 0. The van der Waals surface area contributed by atoms with Gasteiger partial charge in [0.25, 0.3) is 0 Å². The smallest absolute Gasteiger partial charge is 0.340 e. The van der Waals surface area contributed by atoms with Crippen molar-refractivity contribution in [2.75, 3.05) is 0 Å². The number of benzene rings is 3. The summed E-state index contributed by atoms with van der Waals surface area (Å²) in [5, 5.41) is 0. The highest BCUT2D eigenvalue weighted by atomic mass is 16.6. The fourth-order valence-electron chi connectivity index (χ4n) is 4.15. The lowest BCUT2D eigenvalue weighted by molar-refractivity contribution is -0.134. The van der Waals surface area contributed by atoms with Gasteiger partial charge in [0.1, 0.15) is 11.5 Å². The molecule has 2 aliphatic heterocycles. The van der Waals surface area contributed by atoms with E-state index in [1.54, 1.807) is 54.6 Å². The van der Waals surface area contributed by atoms with Crippen LogP contribution in [-0.2, 0) is 19.9 Å². The Bertz CT molecular complexity index is 1280. The van der Waals surface area contributed by atoms with Crippen molar-refractivity contribution < 1.29 is 33.3 Å².